The van der Waals surface area contributed by atoms with Crippen LogP contribution in [0.15, 0.2) is 47.6 Å². The summed E-state index contributed by atoms with van der Waals surface area (Å²) in [6, 6.07) is 3.67. The Morgan fingerprint density at radius 1 is 1.24 bits per heavy atom. The average molecular weight is 505 g/mol. The number of nitrogens with one attached hydrogen (secondary N) is 2. The van der Waals surface area contributed by atoms with Gasteiger partial charge in [0.15, 0.2) is 16.7 Å². The number of amides is 1. The van der Waals surface area contributed by atoms with E-state index in [1.54, 1.807) is 6.92 Å². The van der Waals surface area contributed by atoms with Gasteiger partial charge in [0.05, 0.1) is 17.3 Å². The predicted octanol–water partition coefficient (Wildman–Crippen LogP) is 5.03. The normalized spacial score (nSPS) is 18.2. The molecule has 0 saturated carbocycles. The van der Waals surface area contributed by atoms with Crippen LogP contribution in [-0.4, -0.2) is 29.9 Å². The highest BCUT2D eigenvalue weighted by molar-refractivity contribution is 7.86. The summed E-state index contributed by atoms with van der Waals surface area (Å²) in [6.07, 6.45) is 1.48. The van der Waals surface area contributed by atoms with Crippen LogP contribution in [0, 0.1) is 11.6 Å². The van der Waals surface area contributed by atoms with Crippen molar-refractivity contribution in [3.63, 3.8) is 0 Å². The van der Waals surface area contributed by atoms with Crippen molar-refractivity contribution in [2.24, 2.45) is 0 Å². The predicted molar refractivity (Wildman–Crippen MR) is 116 cm³/mol. The third kappa shape index (κ3) is 5.48. The van der Waals surface area contributed by atoms with Crippen molar-refractivity contribution in [3.8, 4) is 5.75 Å². The summed E-state index contributed by atoms with van der Waals surface area (Å²) in [7, 11) is -2.45. The molecule has 1 aliphatic rings. The van der Waals surface area contributed by atoms with E-state index < -0.39 is 56.5 Å². The molecule has 2 N–H and O–H groups in total. The fourth-order valence-corrected chi connectivity index (χ4v) is 4.36. The zero-order valence-electron chi connectivity index (χ0n) is 17.0. The van der Waals surface area contributed by atoms with Crippen molar-refractivity contribution in [1.29, 1.82) is 0 Å². The van der Waals surface area contributed by atoms with Crippen molar-refractivity contribution in [2.75, 3.05) is 17.9 Å². The van der Waals surface area contributed by atoms with Crippen molar-refractivity contribution >= 4 is 39.8 Å². The Kier molecular flexibility index (Phi) is 7.65. The molecule has 1 amide bonds. The fraction of sp³-hybridized carbons (Fsp3) is 0.190. The number of allylic oxidation sites excluding steroid dienone is 2. The molecule has 0 radical (unpaired) electrons. The highest BCUT2D eigenvalue weighted by atomic mass is 35.5. The zero-order chi connectivity index (χ0) is 24.3. The van der Waals surface area contributed by atoms with Gasteiger partial charge in [-0.25, -0.2) is 13.0 Å². The number of carbonyl (C=O) groups excluding carboxylic acids is 1. The lowest BCUT2D eigenvalue weighted by atomic mass is 10.0. The Labute approximate surface area is 193 Å². The number of benzene rings is 2. The number of ether oxygens (including phenoxy) is 2. The summed E-state index contributed by atoms with van der Waals surface area (Å²) >= 11 is 6.01. The molecule has 0 aromatic heterocycles. The summed E-state index contributed by atoms with van der Waals surface area (Å²) < 4.78 is 80.0. The number of alkyl halides is 2. The topological polar surface area (TPSA) is 76.7 Å². The number of rotatable bonds is 2. The monoisotopic (exact) mass is 504 g/mol. The molecule has 0 fully saturated rings. The second kappa shape index (κ2) is 10.3. The summed E-state index contributed by atoms with van der Waals surface area (Å²) in [5.74, 6) is -3.33. The van der Waals surface area contributed by atoms with Gasteiger partial charge in [0.2, 0.25) is 0 Å². The van der Waals surface area contributed by atoms with Gasteiger partial charge in [-0.3, -0.25) is 9.52 Å². The van der Waals surface area contributed by atoms with Gasteiger partial charge in [-0.1, -0.05) is 24.3 Å². The molecular weight excluding hydrogens is 488 g/mol. The molecule has 176 valence electrons. The number of fused-ring (bicyclic) bond motifs is 4. The fourth-order valence-electron chi connectivity index (χ4n) is 3.01. The molecule has 3 rings (SSSR count). The summed E-state index contributed by atoms with van der Waals surface area (Å²) in [4.78, 5) is 12.0. The molecule has 12 heteroatoms. The number of anilines is 1. The highest BCUT2D eigenvalue weighted by Gasteiger charge is 2.24. The number of hydrogen-bond donors (Lipinski definition) is 2. The maximum Gasteiger partial charge on any atom is 0.387 e. The van der Waals surface area contributed by atoms with E-state index in [1.807, 2.05) is 0 Å². The standard InChI is InChI=1S/C21H17ClF4N2O4S/c1-3-12-10(2)31-5-4-27-20(29)11-6-14(22)19(32-21(25)26)18(7-11)33(30)28-17-8-13(12)15(23)9-16(17)24/h3,6-9,21,28H,2,4-5H2,1H3,(H,27,29)/b12-3+. The van der Waals surface area contributed by atoms with Crippen LogP contribution >= 0.6 is 11.6 Å². The second-order valence-corrected chi connectivity index (χ2v) is 8.17. The highest BCUT2D eigenvalue weighted by Crippen LogP contribution is 2.36. The van der Waals surface area contributed by atoms with Gasteiger partial charge in [0.25, 0.3) is 5.91 Å². The summed E-state index contributed by atoms with van der Waals surface area (Å²) in [6.45, 7) is 1.94. The first-order valence-electron chi connectivity index (χ1n) is 9.35. The van der Waals surface area contributed by atoms with E-state index in [4.69, 9.17) is 16.3 Å². The molecule has 0 saturated heterocycles. The van der Waals surface area contributed by atoms with Crippen molar-refractivity contribution in [2.45, 2.75) is 18.4 Å². The van der Waals surface area contributed by atoms with Gasteiger partial charge in [-0.05, 0) is 25.1 Å². The molecule has 0 aliphatic carbocycles. The number of carbonyl (C=O) groups is 1. The number of hydrogen-bond acceptors (Lipinski definition) is 4. The largest absolute Gasteiger partial charge is 0.492 e. The first-order valence-corrected chi connectivity index (χ1v) is 10.9. The van der Waals surface area contributed by atoms with Crippen LogP contribution in [0.3, 0.4) is 0 Å². The summed E-state index contributed by atoms with van der Waals surface area (Å²) in [5.41, 5.74) is -0.457. The lowest BCUT2D eigenvalue weighted by Gasteiger charge is -2.16. The maximum atomic E-state index is 14.5. The lowest BCUT2D eigenvalue weighted by Crippen LogP contribution is -2.27. The molecule has 33 heavy (non-hydrogen) atoms. The molecule has 2 aromatic carbocycles. The van der Waals surface area contributed by atoms with E-state index in [-0.39, 0.29) is 35.6 Å². The molecule has 0 spiro atoms. The average Bonchev–Trinajstić information content (AvgIpc) is 2.74. The van der Waals surface area contributed by atoms with E-state index in [0.29, 0.717) is 6.07 Å². The van der Waals surface area contributed by atoms with Crippen LogP contribution in [0.4, 0.5) is 23.2 Å². The van der Waals surface area contributed by atoms with E-state index in [0.717, 1.165) is 18.2 Å². The minimum Gasteiger partial charge on any atom is -0.492 e. The molecule has 1 atom stereocenters. The van der Waals surface area contributed by atoms with Crippen LogP contribution in [0.1, 0.15) is 22.8 Å². The van der Waals surface area contributed by atoms with Gasteiger partial charge < -0.3 is 14.8 Å². The van der Waals surface area contributed by atoms with Crippen LogP contribution in [0.2, 0.25) is 5.02 Å². The van der Waals surface area contributed by atoms with Crippen molar-refractivity contribution < 1.29 is 36.0 Å². The minimum atomic E-state index is -3.32. The third-order valence-electron chi connectivity index (χ3n) is 4.48. The van der Waals surface area contributed by atoms with Crippen LogP contribution in [0.25, 0.3) is 5.57 Å². The van der Waals surface area contributed by atoms with Crippen LogP contribution in [0.5, 0.6) is 5.75 Å². The van der Waals surface area contributed by atoms with Crippen LogP contribution in [-0.2, 0) is 15.7 Å². The Hall–Kier alpha value is -3.05. The minimum absolute atomic E-state index is 0.00439. The maximum absolute atomic E-state index is 14.5. The second-order valence-electron chi connectivity index (χ2n) is 6.58. The number of halogens is 5. The Bertz CT molecular complexity index is 1170. The van der Waals surface area contributed by atoms with E-state index in [1.165, 1.54) is 6.08 Å². The molecule has 4 bridgehead atoms. The van der Waals surface area contributed by atoms with Crippen LogP contribution < -0.4 is 14.8 Å². The van der Waals surface area contributed by atoms with Crippen molar-refractivity contribution in [1.82, 2.24) is 5.32 Å². The SMILES string of the molecule is C=C1OCCNC(=O)c2cc(Cl)c(OC(F)F)c(c2)S(=O)Nc2cc(c(F)cc2F)/C1=C/C. The molecule has 1 unspecified atom stereocenters. The van der Waals surface area contributed by atoms with Gasteiger partial charge >= 0.3 is 6.61 Å². The third-order valence-corrected chi connectivity index (χ3v) is 5.87. The molecular formula is C21H17ClF4N2O4S. The molecule has 2 aromatic rings. The smallest absolute Gasteiger partial charge is 0.387 e. The van der Waals surface area contributed by atoms with E-state index >= 15 is 0 Å². The Morgan fingerprint density at radius 2 is 1.97 bits per heavy atom. The summed E-state index contributed by atoms with van der Waals surface area (Å²) in [5, 5.41) is 2.10. The Morgan fingerprint density at radius 3 is 2.64 bits per heavy atom. The van der Waals surface area contributed by atoms with Crippen molar-refractivity contribution in [3.05, 3.63) is 70.5 Å². The quantitative estimate of drug-likeness (QED) is 0.562. The first kappa shape index (κ1) is 24.6. The molecule has 6 nitrogen and oxygen atoms in total. The zero-order valence-corrected chi connectivity index (χ0v) is 18.6. The lowest BCUT2D eigenvalue weighted by molar-refractivity contribution is -0.0516. The van der Waals surface area contributed by atoms with Gasteiger partial charge in [-0.15, -0.1) is 0 Å². The van der Waals surface area contributed by atoms with E-state index in [9.17, 15) is 26.6 Å². The van der Waals surface area contributed by atoms with Gasteiger partial charge in [0.1, 0.15) is 28.9 Å². The van der Waals surface area contributed by atoms with E-state index in [2.05, 4.69) is 21.4 Å². The first-order chi connectivity index (χ1) is 15.6. The molecule has 1 aliphatic heterocycles. The molecule has 1 heterocycles. The van der Waals surface area contributed by atoms with Gasteiger partial charge in [-0.2, -0.15) is 8.78 Å². The van der Waals surface area contributed by atoms with Gasteiger partial charge in [0, 0.05) is 22.8 Å². The Balaban J connectivity index is 2.18.